The molecule has 1 N–H and O–H groups in total. The van der Waals surface area contributed by atoms with Crippen molar-refractivity contribution in [1.82, 2.24) is 0 Å². The Labute approximate surface area is 694 Å². The average molecular weight is 1530 g/mol. The monoisotopic (exact) mass is 1530 g/mol. The van der Waals surface area contributed by atoms with E-state index in [1.54, 1.807) is 0 Å². The van der Waals surface area contributed by atoms with Crippen molar-refractivity contribution < 1.29 is 0 Å². The highest BCUT2D eigenvalue weighted by Crippen LogP contribution is 2.50. The molecule has 0 bridgehead atoms. The maximum absolute atomic E-state index is 6.17. The van der Waals surface area contributed by atoms with Gasteiger partial charge < -0.3 is 10.2 Å². The minimum absolute atomic E-state index is 0.755. The normalized spacial score (nSPS) is 11.6. The number of nitrogens with zero attached hydrogens (tertiary/aromatic N) is 1. The molecule has 0 aliphatic rings. The smallest absolute Gasteiger partial charge is 0.0546 e. The number of hydrogen-bond donors (Lipinski definition) is 1. The average Bonchev–Trinajstić information content (AvgIpc) is 0.744. The van der Waals surface area contributed by atoms with E-state index >= 15 is 0 Å². The Morgan fingerprint density at radius 3 is 0.832 bits per heavy atom. The SMILES string of the molecule is Clc1ccc(-c2c(-c3ccccc3)c3ccccc3c3ccccc23)cc1.c1ccc(-c2c(-c3ccc(N(c4ccc5c6ccccc6c6ccccc6c5c4)c4cc5ccccc5c5ccccc45)cc3)c3ccccc3c3ccccc23)cc1.c1ccc2c(c1)cc(Nc1ccc3c4ccccc4c4ccccc4c3c1)c1ccccc12. The third-order valence-electron chi connectivity index (χ3n) is 24.3. The molecule has 3 heteroatoms. The van der Waals surface area contributed by atoms with E-state index in [0.717, 1.165) is 33.5 Å². The summed E-state index contributed by atoms with van der Waals surface area (Å²) >= 11 is 6.17. The van der Waals surface area contributed by atoms with Gasteiger partial charge in [-0.3, -0.25) is 0 Å². The van der Waals surface area contributed by atoms with Crippen molar-refractivity contribution in [3.05, 3.63) is 454 Å². The van der Waals surface area contributed by atoms with Crippen LogP contribution >= 0.6 is 11.6 Å². The minimum atomic E-state index is 0.755. The third kappa shape index (κ3) is 12.4. The van der Waals surface area contributed by atoms with Crippen molar-refractivity contribution >= 4 is 191 Å². The number of rotatable bonds is 9. The van der Waals surface area contributed by atoms with E-state index in [2.05, 4.69) is 447 Å². The van der Waals surface area contributed by atoms with E-state index in [1.165, 1.54) is 195 Å². The first-order chi connectivity index (χ1) is 59.0. The molecule has 0 amide bonds. The molecule has 0 saturated heterocycles. The lowest BCUT2D eigenvalue weighted by atomic mass is 9.85. The topological polar surface area (TPSA) is 15.3 Å². The number of fused-ring (bicyclic) bond motifs is 24. The van der Waals surface area contributed by atoms with Gasteiger partial charge in [-0.15, -0.1) is 0 Å². The molecular weight excluding hydrogens is 1460 g/mol. The largest absolute Gasteiger partial charge is 0.355 e. The number of hydrogen-bond acceptors (Lipinski definition) is 2. The molecule has 24 aromatic carbocycles. The van der Waals surface area contributed by atoms with Gasteiger partial charge in [0.15, 0.2) is 0 Å². The molecule has 0 aliphatic carbocycles. The predicted octanol–water partition coefficient (Wildman–Crippen LogP) is 33.7. The molecule has 0 spiro atoms. The van der Waals surface area contributed by atoms with Crippen molar-refractivity contribution in [3.8, 4) is 44.5 Å². The Morgan fingerprint density at radius 2 is 0.429 bits per heavy atom. The lowest BCUT2D eigenvalue weighted by Gasteiger charge is -2.28. The molecule has 0 atom stereocenters. The van der Waals surface area contributed by atoms with E-state index < -0.39 is 0 Å². The molecule has 0 radical (unpaired) electrons. The first kappa shape index (κ1) is 70.4. The minimum Gasteiger partial charge on any atom is -0.355 e. The zero-order chi connectivity index (χ0) is 78.9. The summed E-state index contributed by atoms with van der Waals surface area (Å²) in [4.78, 5) is 2.47. The molecule has 0 heterocycles. The van der Waals surface area contributed by atoms with Crippen LogP contribution in [0.3, 0.4) is 0 Å². The highest BCUT2D eigenvalue weighted by molar-refractivity contribution is 6.31. The van der Waals surface area contributed by atoms with Gasteiger partial charge >= 0.3 is 0 Å². The molecule has 0 aliphatic heterocycles. The first-order valence-corrected chi connectivity index (χ1v) is 41.3. The van der Waals surface area contributed by atoms with E-state index in [0.29, 0.717) is 0 Å². The van der Waals surface area contributed by atoms with Gasteiger partial charge in [0.05, 0.1) is 5.69 Å². The van der Waals surface area contributed by atoms with Crippen molar-refractivity contribution in [2.45, 2.75) is 0 Å². The van der Waals surface area contributed by atoms with Gasteiger partial charge in [-0.25, -0.2) is 0 Å². The van der Waals surface area contributed by atoms with E-state index in [-0.39, 0.29) is 0 Å². The summed E-state index contributed by atoms with van der Waals surface area (Å²) < 4.78 is 0. The summed E-state index contributed by atoms with van der Waals surface area (Å²) in [6.45, 7) is 0. The van der Waals surface area contributed by atoms with Gasteiger partial charge in [-0.2, -0.15) is 0 Å². The Balaban J connectivity index is 0.000000119. The fourth-order valence-corrected chi connectivity index (χ4v) is 19.2. The fourth-order valence-electron chi connectivity index (χ4n) is 19.1. The predicted molar refractivity (Wildman–Crippen MR) is 516 cm³/mol. The zero-order valence-corrected chi connectivity index (χ0v) is 65.8. The van der Waals surface area contributed by atoms with Crippen LogP contribution in [-0.4, -0.2) is 0 Å². The van der Waals surface area contributed by atoms with Crippen LogP contribution in [-0.2, 0) is 0 Å². The second-order valence-electron chi connectivity index (χ2n) is 31.0. The lowest BCUT2D eigenvalue weighted by Crippen LogP contribution is -2.10. The standard InChI is InChI=1S/C58H37N.C32H21N.C26H17Cl/c1-2-16-38(17-3-1)57-53-28-14-11-24-48(53)49-25-12-15-29-54(49)58(57)39-30-32-41(33-31-39)59(56-36-40-18-4-5-19-43(40)44-20-10-13-27-52(44)56)42-34-35-51-47-23-7-6-21-45(47)46-22-8-9-26-50(46)55(51)37-42;1-2-10-23-21(9-1)19-32(30-16-8-7-11-24(23)30)33-22-17-18-29-27-14-4-3-12-25(27)26-13-5-6-15-28(26)31(29)20-22;27-20-16-14-19(15-17-20)26-24-13-7-5-11-22(24)21-10-4-6-12-23(21)25(26)18-8-2-1-3-9-18/h1-37H;1-20,33H;1-17H. The Hall–Kier alpha value is -15.2. The molecule has 24 rings (SSSR count). The Kier molecular flexibility index (Phi) is 17.7. The molecule has 24 aromatic rings. The van der Waals surface area contributed by atoms with Crippen LogP contribution in [0.25, 0.3) is 195 Å². The summed E-state index contributed by atoms with van der Waals surface area (Å²) in [6, 6.07) is 163. The summed E-state index contributed by atoms with van der Waals surface area (Å²) in [5, 5.41) is 40.0. The van der Waals surface area contributed by atoms with Gasteiger partial charge in [-0.1, -0.05) is 400 Å². The van der Waals surface area contributed by atoms with Gasteiger partial charge in [0.1, 0.15) is 0 Å². The number of halogens is 1. The van der Waals surface area contributed by atoms with Crippen molar-refractivity contribution in [3.63, 3.8) is 0 Å². The summed E-state index contributed by atoms with van der Waals surface area (Å²) in [6.07, 6.45) is 0. The van der Waals surface area contributed by atoms with Crippen LogP contribution in [0.5, 0.6) is 0 Å². The van der Waals surface area contributed by atoms with Gasteiger partial charge in [0, 0.05) is 38.5 Å². The highest BCUT2D eigenvalue weighted by Gasteiger charge is 2.24. The molecule has 0 fully saturated rings. The molecule has 0 saturated carbocycles. The fraction of sp³-hybridized carbons (Fsp3) is 0. The molecule has 2 nitrogen and oxygen atoms in total. The number of anilines is 5. The van der Waals surface area contributed by atoms with Crippen LogP contribution < -0.4 is 10.2 Å². The first-order valence-electron chi connectivity index (χ1n) is 40.9. The maximum atomic E-state index is 6.17. The third-order valence-corrected chi connectivity index (χ3v) is 24.6. The van der Waals surface area contributed by atoms with Crippen LogP contribution in [0.1, 0.15) is 0 Å². The number of benzene rings is 24. The van der Waals surface area contributed by atoms with Crippen LogP contribution in [0.4, 0.5) is 28.4 Å². The van der Waals surface area contributed by atoms with Crippen molar-refractivity contribution in [1.29, 1.82) is 0 Å². The summed E-state index contributed by atoms with van der Waals surface area (Å²) in [7, 11) is 0. The van der Waals surface area contributed by atoms with Crippen molar-refractivity contribution in [2.24, 2.45) is 0 Å². The molecule has 556 valence electrons. The summed E-state index contributed by atoms with van der Waals surface area (Å²) in [5.74, 6) is 0. The van der Waals surface area contributed by atoms with Crippen LogP contribution in [0.2, 0.25) is 5.02 Å². The van der Waals surface area contributed by atoms with Crippen LogP contribution in [0.15, 0.2) is 449 Å². The van der Waals surface area contributed by atoms with Crippen LogP contribution in [0, 0.1) is 0 Å². The van der Waals surface area contributed by atoms with E-state index in [1.807, 2.05) is 12.1 Å². The lowest BCUT2D eigenvalue weighted by molar-refractivity contribution is 1.31. The Bertz CT molecular complexity index is 8070. The van der Waals surface area contributed by atoms with Gasteiger partial charge in [-0.05, 0) is 245 Å². The highest BCUT2D eigenvalue weighted by atomic mass is 35.5. The van der Waals surface area contributed by atoms with Crippen molar-refractivity contribution in [2.75, 3.05) is 10.2 Å². The van der Waals surface area contributed by atoms with E-state index in [4.69, 9.17) is 11.6 Å². The summed E-state index contributed by atoms with van der Waals surface area (Å²) in [5.41, 5.74) is 15.5. The second kappa shape index (κ2) is 29.9. The Morgan fingerprint density at radius 1 is 0.168 bits per heavy atom. The molecule has 119 heavy (non-hydrogen) atoms. The molecule has 0 aromatic heterocycles. The van der Waals surface area contributed by atoms with Gasteiger partial charge in [0.25, 0.3) is 0 Å². The molecular formula is C116H75ClN2. The van der Waals surface area contributed by atoms with E-state index in [9.17, 15) is 0 Å². The maximum Gasteiger partial charge on any atom is 0.0546 e. The molecule has 0 unspecified atom stereocenters. The zero-order valence-electron chi connectivity index (χ0n) is 65.0. The quantitative estimate of drug-likeness (QED) is 0.145. The van der Waals surface area contributed by atoms with Gasteiger partial charge in [0.2, 0.25) is 0 Å². The second-order valence-corrected chi connectivity index (χ2v) is 31.4. The number of nitrogens with one attached hydrogen (secondary N) is 1.